The van der Waals surface area contributed by atoms with E-state index < -0.39 is 11.9 Å². The maximum absolute atomic E-state index is 14.0. The lowest BCUT2D eigenvalue weighted by atomic mass is 9.91. The van der Waals surface area contributed by atoms with Gasteiger partial charge in [0.25, 0.3) is 0 Å². The fraction of sp³-hybridized carbons (Fsp3) is 0.346. The van der Waals surface area contributed by atoms with E-state index in [2.05, 4.69) is 20.6 Å². The van der Waals surface area contributed by atoms with Gasteiger partial charge in [-0.3, -0.25) is 34.3 Å². The number of carbonyl (C=O) groups is 4. The number of halogens is 2. The van der Waals surface area contributed by atoms with Gasteiger partial charge in [0.1, 0.15) is 17.3 Å². The molecule has 0 bridgehead atoms. The van der Waals surface area contributed by atoms with Gasteiger partial charge < -0.3 is 24.6 Å². The fourth-order valence-electron chi connectivity index (χ4n) is 9.75. The zero-order valence-electron chi connectivity index (χ0n) is 39.0. The Morgan fingerprint density at radius 1 is 0.926 bits per heavy atom. The van der Waals surface area contributed by atoms with E-state index in [1.165, 1.54) is 12.1 Å². The Labute approximate surface area is 399 Å². The van der Waals surface area contributed by atoms with E-state index >= 15 is 0 Å². The van der Waals surface area contributed by atoms with Gasteiger partial charge in [-0.2, -0.15) is 5.10 Å². The highest BCUT2D eigenvalue weighted by Crippen LogP contribution is 2.42. The van der Waals surface area contributed by atoms with Crippen LogP contribution in [0.15, 0.2) is 72.8 Å². The molecular weight excluding hydrogens is 887 g/mol. The van der Waals surface area contributed by atoms with Crippen molar-refractivity contribution in [3.05, 3.63) is 118 Å². The second-order valence-corrected chi connectivity index (χ2v) is 17.9. The van der Waals surface area contributed by atoms with Crippen molar-refractivity contribution in [1.29, 1.82) is 0 Å². The number of hydrogen-bond acceptors (Lipinski definition) is 9. The molecule has 1 saturated heterocycles. The van der Waals surface area contributed by atoms with E-state index in [-0.39, 0.29) is 29.9 Å². The first-order valence-electron chi connectivity index (χ1n) is 23.1. The number of hydrogen-bond donors (Lipinski definition) is 3. The highest BCUT2D eigenvalue weighted by molar-refractivity contribution is 6.35. The molecule has 8 rings (SSSR count). The lowest BCUT2D eigenvalue weighted by Gasteiger charge is -2.35. The first-order chi connectivity index (χ1) is 32.8. The van der Waals surface area contributed by atoms with Gasteiger partial charge in [-0.05, 0) is 111 Å². The van der Waals surface area contributed by atoms with Gasteiger partial charge in [-0.15, -0.1) is 0 Å². The van der Waals surface area contributed by atoms with Gasteiger partial charge >= 0.3 is 5.97 Å². The standard InChI is InChI=1S/C52H56ClFN8O6/c1-6-9-41(51(65)56-30-63)42-28-35-27-37(14-18-44(35)57-31(42)2)55-29-46(64)61-22-19-60(20-23-61)21-24-62-49-40(16-17-43(53)48(49)47-32(3)58-59(5)33(47)4)39(50(62)52(66)67)11-8-25-68-45-12-7-10-34-26-36(54)13-15-38(34)45/h7,10,12-18,26-28,30,41,55H,6,8-9,11,19-25,29H2,1-5H3,(H,66,67)(H,56,63,65). The number of carboxylic acid groups (broad SMARTS) is 1. The largest absolute Gasteiger partial charge is 0.493 e. The summed E-state index contributed by atoms with van der Waals surface area (Å²) in [7, 11) is 1.88. The van der Waals surface area contributed by atoms with E-state index in [4.69, 9.17) is 21.3 Å². The van der Waals surface area contributed by atoms with Crippen LogP contribution in [0.3, 0.4) is 0 Å². The first kappa shape index (κ1) is 47.6. The number of aryl methyl sites for hydroxylation is 4. The highest BCUT2D eigenvalue weighted by atomic mass is 35.5. The minimum Gasteiger partial charge on any atom is -0.493 e. The SMILES string of the molecule is CCCC(C(=O)NC=O)c1cc2cc(NCC(=O)N3CCN(CCn4c(C(=O)O)c(CCCOc5cccc6cc(F)ccc56)c5ccc(Cl)c(-c6c(C)nn(C)c6C)c54)CC3)ccc2nc1C. The molecule has 0 spiro atoms. The van der Waals surface area contributed by atoms with Gasteiger partial charge in [0.15, 0.2) is 0 Å². The summed E-state index contributed by atoms with van der Waals surface area (Å²) in [5, 5.41) is 24.9. The molecule has 0 radical (unpaired) electrons. The molecular formula is C52H56ClFN8O6. The summed E-state index contributed by atoms with van der Waals surface area (Å²) in [6.45, 7) is 11.3. The predicted octanol–water partition coefficient (Wildman–Crippen LogP) is 8.58. The third-order valence-electron chi connectivity index (χ3n) is 13.2. The van der Waals surface area contributed by atoms with Crippen LogP contribution in [0, 0.1) is 26.6 Å². The molecule has 4 aromatic carbocycles. The molecule has 68 heavy (non-hydrogen) atoms. The quantitative estimate of drug-likeness (QED) is 0.0561. The Balaban J connectivity index is 0.970. The Hall–Kier alpha value is -6.84. The molecule has 0 saturated carbocycles. The van der Waals surface area contributed by atoms with Gasteiger partial charge in [0.2, 0.25) is 18.2 Å². The molecule has 3 N–H and O–H groups in total. The highest BCUT2D eigenvalue weighted by Gasteiger charge is 2.29. The lowest BCUT2D eigenvalue weighted by molar-refractivity contribution is -0.131. The zero-order chi connectivity index (χ0) is 48.2. The number of imide groups is 1. The molecule has 3 aromatic heterocycles. The number of anilines is 1. The van der Waals surface area contributed by atoms with Crippen LogP contribution in [0.4, 0.5) is 10.1 Å². The van der Waals surface area contributed by atoms with Crippen molar-refractivity contribution < 1.29 is 33.4 Å². The summed E-state index contributed by atoms with van der Waals surface area (Å²) in [5.74, 6) is -1.65. The van der Waals surface area contributed by atoms with Crippen molar-refractivity contribution in [3.63, 3.8) is 0 Å². The second-order valence-electron chi connectivity index (χ2n) is 17.5. The fourth-order valence-corrected chi connectivity index (χ4v) is 9.99. The molecule has 3 amide bonds. The summed E-state index contributed by atoms with van der Waals surface area (Å²) in [6, 6.07) is 21.5. The Morgan fingerprint density at radius 2 is 1.71 bits per heavy atom. The molecule has 14 nitrogen and oxygen atoms in total. The van der Waals surface area contributed by atoms with Crippen molar-refractivity contribution in [2.45, 2.75) is 65.8 Å². The summed E-state index contributed by atoms with van der Waals surface area (Å²) in [5.41, 5.74) is 7.90. The van der Waals surface area contributed by atoms with Gasteiger partial charge in [0.05, 0.1) is 40.8 Å². The number of fused-ring (bicyclic) bond motifs is 3. The number of nitrogens with one attached hydrogen (secondary N) is 2. The summed E-state index contributed by atoms with van der Waals surface area (Å²) in [4.78, 5) is 59.6. The molecule has 1 atom stereocenters. The van der Waals surface area contributed by atoms with Gasteiger partial charge in [-0.1, -0.05) is 43.1 Å². The van der Waals surface area contributed by atoms with E-state index in [9.17, 15) is 28.7 Å². The van der Waals surface area contributed by atoms with Crippen LogP contribution in [-0.4, -0.2) is 104 Å². The topological polar surface area (TPSA) is 164 Å². The number of rotatable bonds is 18. The van der Waals surface area contributed by atoms with Crippen LogP contribution in [0.25, 0.3) is 43.7 Å². The molecule has 4 heterocycles. The van der Waals surface area contributed by atoms with E-state index in [0.29, 0.717) is 87.9 Å². The Morgan fingerprint density at radius 3 is 2.43 bits per heavy atom. The van der Waals surface area contributed by atoms with Crippen molar-refractivity contribution in [3.8, 4) is 16.9 Å². The zero-order valence-corrected chi connectivity index (χ0v) is 39.8. The maximum Gasteiger partial charge on any atom is 0.352 e. The number of carbonyl (C=O) groups excluding carboxylic acids is 3. The molecule has 7 aromatic rings. The van der Waals surface area contributed by atoms with Gasteiger partial charge in [0, 0.05) is 90.7 Å². The van der Waals surface area contributed by atoms with E-state index in [1.807, 2.05) is 103 Å². The monoisotopic (exact) mass is 942 g/mol. The molecule has 1 aliphatic rings. The normalized spacial score (nSPS) is 13.6. The van der Waals surface area contributed by atoms with Crippen molar-refractivity contribution in [1.82, 2.24) is 34.4 Å². The van der Waals surface area contributed by atoms with Crippen LogP contribution in [0.5, 0.6) is 5.75 Å². The number of aromatic carboxylic acids is 1. The number of amides is 3. The lowest BCUT2D eigenvalue weighted by Crippen LogP contribution is -2.50. The second kappa shape index (κ2) is 20.6. The van der Waals surface area contributed by atoms with E-state index in [0.717, 1.165) is 78.5 Å². The number of nitrogens with zero attached hydrogens (tertiary/aromatic N) is 6. The minimum absolute atomic E-state index is 0.0463. The summed E-state index contributed by atoms with van der Waals surface area (Å²) >= 11 is 7.07. The number of pyridine rings is 1. The number of piperazine rings is 1. The Bertz CT molecular complexity index is 3070. The van der Waals surface area contributed by atoms with Gasteiger partial charge in [-0.25, -0.2) is 9.18 Å². The first-order valence-corrected chi connectivity index (χ1v) is 23.4. The summed E-state index contributed by atoms with van der Waals surface area (Å²) in [6.07, 6.45) is 2.67. The average Bonchev–Trinajstić information content (AvgIpc) is 3.77. The number of aromatic nitrogens is 4. The van der Waals surface area contributed by atoms with Crippen LogP contribution in [0.2, 0.25) is 5.02 Å². The molecule has 16 heteroatoms. The molecule has 1 unspecified atom stereocenters. The number of carboxylic acids is 1. The third kappa shape index (κ3) is 9.76. The number of benzene rings is 4. The predicted molar refractivity (Wildman–Crippen MR) is 263 cm³/mol. The average molecular weight is 944 g/mol. The summed E-state index contributed by atoms with van der Waals surface area (Å²) < 4.78 is 23.9. The molecule has 0 aliphatic carbocycles. The van der Waals surface area contributed by atoms with Crippen molar-refractivity contribution >= 4 is 74.1 Å². The molecule has 1 aliphatic heterocycles. The Kier molecular flexibility index (Phi) is 14.4. The van der Waals surface area contributed by atoms with Crippen LogP contribution < -0.4 is 15.4 Å². The third-order valence-corrected chi connectivity index (χ3v) is 13.5. The number of ether oxygens (including phenoxy) is 1. The van der Waals surface area contributed by atoms with Crippen LogP contribution >= 0.6 is 11.6 Å². The van der Waals surface area contributed by atoms with Crippen molar-refractivity contribution in [2.75, 3.05) is 51.2 Å². The minimum atomic E-state index is -1.04. The molecule has 354 valence electrons. The maximum atomic E-state index is 14.0. The van der Waals surface area contributed by atoms with E-state index in [1.54, 1.807) is 6.07 Å². The smallest absolute Gasteiger partial charge is 0.352 e. The van der Waals surface area contributed by atoms with Crippen molar-refractivity contribution in [2.24, 2.45) is 7.05 Å². The van der Waals surface area contributed by atoms with Crippen LogP contribution in [0.1, 0.15) is 70.8 Å². The van der Waals surface area contributed by atoms with Crippen LogP contribution in [-0.2, 0) is 34.4 Å². The molecule has 1 fully saturated rings.